The first kappa shape index (κ1) is 25.6. The van der Waals surface area contributed by atoms with Crippen molar-refractivity contribution in [2.45, 2.75) is 24.9 Å². The first-order valence-corrected chi connectivity index (χ1v) is 13.7. The number of benzene rings is 4. The number of amides is 3. The van der Waals surface area contributed by atoms with E-state index in [0.717, 1.165) is 22.0 Å². The van der Waals surface area contributed by atoms with Crippen molar-refractivity contribution in [3.63, 3.8) is 0 Å². The lowest BCUT2D eigenvalue weighted by molar-refractivity contribution is -0.137. The van der Waals surface area contributed by atoms with Crippen molar-refractivity contribution in [2.24, 2.45) is 0 Å². The molecule has 0 unspecified atom stereocenters. The number of carbonyl (C=O) groups is 3. The summed E-state index contributed by atoms with van der Waals surface area (Å²) in [6.07, 6.45) is 1.00. The Kier molecular flexibility index (Phi) is 6.95. The molecule has 4 aromatic rings. The zero-order chi connectivity index (χ0) is 27.5. The third-order valence-electron chi connectivity index (χ3n) is 8.12. The number of nitrogens with one attached hydrogen (secondary N) is 1. The average molecular weight is 533 g/mol. The molecule has 0 radical (unpaired) electrons. The molecule has 202 valence electrons. The number of likely N-dealkylation sites (tertiary alicyclic amines) is 1. The van der Waals surface area contributed by atoms with Gasteiger partial charge in [-0.05, 0) is 53.4 Å². The van der Waals surface area contributed by atoms with Crippen molar-refractivity contribution in [1.82, 2.24) is 15.1 Å². The molecule has 7 heteroatoms. The minimum atomic E-state index is -0.790. The minimum absolute atomic E-state index is 0.00349. The van der Waals surface area contributed by atoms with E-state index in [1.165, 1.54) is 0 Å². The summed E-state index contributed by atoms with van der Waals surface area (Å²) in [5.41, 5.74) is 1.82. The molecule has 3 amide bonds. The molecule has 2 aliphatic rings. The Balaban J connectivity index is 1.18. The Morgan fingerprint density at radius 2 is 1.43 bits per heavy atom. The van der Waals surface area contributed by atoms with E-state index < -0.39 is 5.54 Å². The summed E-state index contributed by atoms with van der Waals surface area (Å²) in [5, 5.41) is 5.07. The van der Waals surface area contributed by atoms with Crippen molar-refractivity contribution in [3.8, 4) is 0 Å². The molecular weight excluding hydrogens is 500 g/mol. The molecule has 1 N–H and O–H groups in total. The fourth-order valence-corrected chi connectivity index (χ4v) is 5.93. The maximum absolute atomic E-state index is 14.0. The molecule has 2 saturated heterocycles. The van der Waals surface area contributed by atoms with Gasteiger partial charge in [-0.3, -0.25) is 14.4 Å². The van der Waals surface area contributed by atoms with E-state index in [0.29, 0.717) is 44.7 Å². The van der Waals surface area contributed by atoms with Gasteiger partial charge in [0.15, 0.2) is 0 Å². The van der Waals surface area contributed by atoms with Crippen LogP contribution in [0.2, 0.25) is 0 Å². The third-order valence-corrected chi connectivity index (χ3v) is 8.12. The van der Waals surface area contributed by atoms with Gasteiger partial charge in [-0.2, -0.15) is 0 Å². The minimum Gasteiger partial charge on any atom is -0.350 e. The Hall–Kier alpha value is -4.65. The molecule has 2 fully saturated rings. The number of hydrogen-bond donors (Lipinski definition) is 1. The number of fused-ring (bicyclic) bond motifs is 1. The van der Waals surface area contributed by atoms with E-state index in [9.17, 15) is 14.4 Å². The van der Waals surface area contributed by atoms with Gasteiger partial charge in [0.05, 0.1) is 6.67 Å². The highest BCUT2D eigenvalue weighted by Gasteiger charge is 2.54. The molecular formula is C33H32N4O3. The SMILES string of the molecule is O=C(CN1CN(c2ccccc2)C2(CCN(C(=O)c3ccc4ccccc4c3)CC2)C1=O)NCc1ccccc1. The van der Waals surface area contributed by atoms with Gasteiger partial charge in [0, 0.05) is 30.9 Å². The number of piperidine rings is 1. The number of para-hydroxylation sites is 1. The lowest BCUT2D eigenvalue weighted by atomic mass is 9.85. The number of anilines is 1. The first-order valence-electron chi connectivity index (χ1n) is 13.7. The summed E-state index contributed by atoms with van der Waals surface area (Å²) < 4.78 is 0. The second-order valence-electron chi connectivity index (χ2n) is 10.6. The lowest BCUT2D eigenvalue weighted by Crippen LogP contribution is -2.57. The van der Waals surface area contributed by atoms with Gasteiger partial charge in [0.25, 0.3) is 11.8 Å². The van der Waals surface area contributed by atoms with E-state index in [-0.39, 0.29) is 24.3 Å². The summed E-state index contributed by atoms with van der Waals surface area (Å²) in [7, 11) is 0. The molecule has 4 aromatic carbocycles. The monoisotopic (exact) mass is 532 g/mol. The van der Waals surface area contributed by atoms with Crippen LogP contribution in [-0.4, -0.2) is 59.4 Å². The van der Waals surface area contributed by atoms with E-state index in [2.05, 4.69) is 10.2 Å². The maximum Gasteiger partial charge on any atom is 0.253 e. The molecule has 2 heterocycles. The number of rotatable bonds is 6. The summed E-state index contributed by atoms with van der Waals surface area (Å²) in [4.78, 5) is 45.9. The van der Waals surface area contributed by atoms with Gasteiger partial charge in [-0.1, -0.05) is 78.9 Å². The largest absolute Gasteiger partial charge is 0.350 e. The van der Waals surface area contributed by atoms with Crippen LogP contribution in [0.4, 0.5) is 5.69 Å². The van der Waals surface area contributed by atoms with Crippen LogP contribution < -0.4 is 10.2 Å². The predicted octanol–water partition coefficient (Wildman–Crippen LogP) is 4.44. The standard InChI is InChI=1S/C33H32N4O3/c38-30(34-22-25-9-3-1-4-10-25)23-36-24-37(29-13-5-2-6-14-29)33(32(36)40)17-19-35(20-18-33)31(39)28-16-15-26-11-7-8-12-27(26)21-28/h1-16,21H,17-20,22-24H2,(H,34,38). The summed E-state index contributed by atoms with van der Waals surface area (Å²) in [6.45, 7) is 1.68. The second-order valence-corrected chi connectivity index (χ2v) is 10.6. The maximum atomic E-state index is 14.0. The highest BCUT2D eigenvalue weighted by atomic mass is 16.2. The fourth-order valence-electron chi connectivity index (χ4n) is 5.93. The van der Waals surface area contributed by atoms with Gasteiger partial charge in [-0.15, -0.1) is 0 Å². The van der Waals surface area contributed by atoms with Crippen LogP contribution in [0.5, 0.6) is 0 Å². The Bertz CT molecular complexity index is 1530. The van der Waals surface area contributed by atoms with Crippen LogP contribution >= 0.6 is 0 Å². The zero-order valence-electron chi connectivity index (χ0n) is 22.3. The first-order chi connectivity index (χ1) is 19.5. The second kappa shape index (κ2) is 10.8. The summed E-state index contributed by atoms with van der Waals surface area (Å²) >= 11 is 0. The predicted molar refractivity (Wildman–Crippen MR) is 156 cm³/mol. The highest BCUT2D eigenvalue weighted by molar-refractivity contribution is 6.00. The van der Waals surface area contributed by atoms with Gasteiger partial charge in [-0.25, -0.2) is 0 Å². The summed E-state index contributed by atoms with van der Waals surface area (Å²) in [5.74, 6) is -0.260. The topological polar surface area (TPSA) is 73.0 Å². The molecule has 6 rings (SSSR count). The quantitative estimate of drug-likeness (QED) is 0.399. The van der Waals surface area contributed by atoms with E-state index >= 15 is 0 Å². The van der Waals surface area contributed by atoms with Gasteiger partial charge in [0.1, 0.15) is 12.1 Å². The molecule has 7 nitrogen and oxygen atoms in total. The zero-order valence-corrected chi connectivity index (χ0v) is 22.3. The smallest absolute Gasteiger partial charge is 0.253 e. The van der Waals surface area contributed by atoms with Crippen LogP contribution in [-0.2, 0) is 16.1 Å². The number of nitrogens with zero attached hydrogens (tertiary/aromatic N) is 3. The molecule has 0 atom stereocenters. The van der Waals surface area contributed by atoms with Crippen LogP contribution in [0.15, 0.2) is 103 Å². The highest BCUT2D eigenvalue weighted by Crippen LogP contribution is 2.39. The van der Waals surface area contributed by atoms with Crippen molar-refractivity contribution in [2.75, 3.05) is 31.2 Å². The molecule has 0 saturated carbocycles. The average Bonchev–Trinajstić information content (AvgIpc) is 3.27. The van der Waals surface area contributed by atoms with Gasteiger partial charge in [0.2, 0.25) is 5.91 Å². The molecule has 0 aromatic heterocycles. The third kappa shape index (κ3) is 4.91. The van der Waals surface area contributed by atoms with Crippen LogP contribution in [0.1, 0.15) is 28.8 Å². The molecule has 0 aliphatic carbocycles. The Labute approximate surface area is 234 Å². The Morgan fingerprint density at radius 1 is 0.775 bits per heavy atom. The van der Waals surface area contributed by atoms with Crippen molar-refractivity contribution in [3.05, 3.63) is 114 Å². The number of carbonyl (C=O) groups excluding carboxylic acids is 3. The van der Waals surface area contributed by atoms with Crippen molar-refractivity contribution >= 4 is 34.2 Å². The lowest BCUT2D eigenvalue weighted by Gasteiger charge is -2.43. The molecule has 40 heavy (non-hydrogen) atoms. The van der Waals surface area contributed by atoms with Crippen molar-refractivity contribution < 1.29 is 14.4 Å². The van der Waals surface area contributed by atoms with Crippen LogP contribution in [0.25, 0.3) is 10.8 Å². The van der Waals surface area contributed by atoms with Crippen molar-refractivity contribution in [1.29, 1.82) is 0 Å². The van der Waals surface area contributed by atoms with E-state index in [4.69, 9.17) is 0 Å². The van der Waals surface area contributed by atoms with Crippen LogP contribution in [0.3, 0.4) is 0 Å². The fraction of sp³-hybridized carbons (Fsp3) is 0.242. The van der Waals surface area contributed by atoms with E-state index in [1.54, 1.807) is 4.90 Å². The molecule has 0 bridgehead atoms. The van der Waals surface area contributed by atoms with Crippen LogP contribution in [0, 0.1) is 0 Å². The molecule has 2 aliphatic heterocycles. The summed E-state index contributed by atoms with van der Waals surface area (Å²) in [6, 6.07) is 33.4. The van der Waals surface area contributed by atoms with Gasteiger partial charge >= 0.3 is 0 Å². The normalized spacial score (nSPS) is 16.5. The molecule has 1 spiro atoms. The number of hydrogen-bond acceptors (Lipinski definition) is 4. The van der Waals surface area contributed by atoms with Gasteiger partial charge < -0.3 is 20.0 Å². The Morgan fingerprint density at radius 3 is 2.15 bits per heavy atom. The van der Waals surface area contributed by atoms with E-state index in [1.807, 2.05) is 108 Å².